The molecule has 5 nitrogen and oxygen atoms in total. The van der Waals surface area contributed by atoms with Gasteiger partial charge in [0.15, 0.2) is 0 Å². The van der Waals surface area contributed by atoms with Gasteiger partial charge in [0.2, 0.25) is 0 Å². The van der Waals surface area contributed by atoms with Crippen molar-refractivity contribution in [2.75, 3.05) is 38.7 Å². The van der Waals surface area contributed by atoms with E-state index in [4.69, 9.17) is 14.7 Å². The van der Waals surface area contributed by atoms with Gasteiger partial charge in [-0.1, -0.05) is 0 Å². The van der Waals surface area contributed by atoms with E-state index < -0.39 is 0 Å². The summed E-state index contributed by atoms with van der Waals surface area (Å²) in [5.41, 5.74) is 1.29. The number of fused-ring (bicyclic) bond motifs is 1. The van der Waals surface area contributed by atoms with Gasteiger partial charge in [0.25, 0.3) is 0 Å². The highest BCUT2D eigenvalue weighted by molar-refractivity contribution is 7.18. The minimum atomic E-state index is 0.796. The van der Waals surface area contributed by atoms with Gasteiger partial charge in [-0.05, 0) is 25.8 Å². The number of hydrogen-bond acceptors (Lipinski definition) is 6. The van der Waals surface area contributed by atoms with Crippen molar-refractivity contribution in [3.05, 3.63) is 16.3 Å². The van der Waals surface area contributed by atoms with Crippen LogP contribution in [-0.2, 0) is 11.3 Å². The molecule has 0 radical (unpaired) electrons. The van der Waals surface area contributed by atoms with Crippen molar-refractivity contribution >= 4 is 27.4 Å². The quantitative estimate of drug-likeness (QED) is 0.944. The Labute approximate surface area is 129 Å². The van der Waals surface area contributed by atoms with E-state index in [2.05, 4.69) is 24.1 Å². The molecule has 0 saturated carbocycles. The van der Waals surface area contributed by atoms with E-state index in [-0.39, 0.29) is 0 Å². The zero-order chi connectivity index (χ0) is 14.8. The van der Waals surface area contributed by atoms with Crippen LogP contribution in [0.2, 0.25) is 0 Å². The lowest BCUT2D eigenvalue weighted by atomic mass is 10.2. The van der Waals surface area contributed by atoms with E-state index >= 15 is 0 Å². The minimum Gasteiger partial charge on any atom is -0.380 e. The van der Waals surface area contributed by atoms with E-state index in [1.807, 2.05) is 7.05 Å². The molecule has 1 saturated heterocycles. The molecule has 114 valence electrons. The molecular weight excluding hydrogens is 284 g/mol. The van der Waals surface area contributed by atoms with Gasteiger partial charge in [-0.25, -0.2) is 9.97 Å². The summed E-state index contributed by atoms with van der Waals surface area (Å²) >= 11 is 1.75. The number of nitrogens with zero attached hydrogens (tertiary/aromatic N) is 3. The highest BCUT2D eigenvalue weighted by Crippen LogP contribution is 2.33. The van der Waals surface area contributed by atoms with Crippen LogP contribution in [0.25, 0.3) is 10.2 Å². The smallest absolute Gasteiger partial charge is 0.146 e. The molecule has 0 spiro atoms. The number of anilines is 1. The molecule has 0 atom stereocenters. The normalized spacial score (nSPS) is 17.1. The van der Waals surface area contributed by atoms with Crippen LogP contribution in [0.3, 0.4) is 0 Å². The molecule has 21 heavy (non-hydrogen) atoms. The van der Waals surface area contributed by atoms with Crippen molar-refractivity contribution in [2.24, 2.45) is 0 Å². The summed E-state index contributed by atoms with van der Waals surface area (Å²) < 4.78 is 5.50. The molecule has 3 rings (SSSR count). The molecule has 2 aromatic rings. The standard InChI is InChI=1S/C15H22N4OS/c1-10-11(2)21-15-13(10)14(16-3)17-12(18-15)9-19-5-4-7-20-8-6-19/h4-9H2,1-3H3,(H,16,17,18). The van der Waals surface area contributed by atoms with Gasteiger partial charge < -0.3 is 10.1 Å². The molecule has 0 amide bonds. The van der Waals surface area contributed by atoms with Crippen LogP contribution in [0, 0.1) is 13.8 Å². The SMILES string of the molecule is CNc1nc(CN2CCCOCC2)nc2sc(C)c(C)c12. The lowest BCUT2D eigenvalue weighted by molar-refractivity contribution is 0.140. The number of rotatable bonds is 3. The van der Waals surface area contributed by atoms with E-state index in [1.165, 1.54) is 15.8 Å². The maximum Gasteiger partial charge on any atom is 0.146 e. The van der Waals surface area contributed by atoms with Crippen molar-refractivity contribution in [3.63, 3.8) is 0 Å². The third kappa shape index (κ3) is 3.02. The molecule has 1 N–H and O–H groups in total. The highest BCUT2D eigenvalue weighted by atomic mass is 32.1. The average Bonchev–Trinajstić information content (AvgIpc) is 2.68. The van der Waals surface area contributed by atoms with Gasteiger partial charge in [0, 0.05) is 31.6 Å². The summed E-state index contributed by atoms with van der Waals surface area (Å²) in [5.74, 6) is 1.85. The summed E-state index contributed by atoms with van der Waals surface area (Å²) in [6.45, 7) is 8.76. The fraction of sp³-hybridized carbons (Fsp3) is 0.600. The first-order chi connectivity index (χ1) is 10.2. The second-order valence-electron chi connectivity index (χ2n) is 5.44. The monoisotopic (exact) mass is 306 g/mol. The molecule has 3 heterocycles. The second kappa shape index (κ2) is 6.25. The van der Waals surface area contributed by atoms with Crippen LogP contribution in [0.5, 0.6) is 0 Å². The number of nitrogens with one attached hydrogen (secondary N) is 1. The Kier molecular flexibility index (Phi) is 4.37. The zero-order valence-corrected chi connectivity index (χ0v) is 13.7. The maximum absolute atomic E-state index is 5.50. The molecule has 0 bridgehead atoms. The number of aryl methyl sites for hydroxylation is 2. The fourth-order valence-electron chi connectivity index (χ4n) is 2.70. The van der Waals surface area contributed by atoms with Gasteiger partial charge in [-0.15, -0.1) is 11.3 Å². The largest absolute Gasteiger partial charge is 0.380 e. The van der Waals surface area contributed by atoms with Crippen molar-refractivity contribution in [1.29, 1.82) is 0 Å². The summed E-state index contributed by atoms with van der Waals surface area (Å²) in [6.07, 6.45) is 1.08. The summed E-state index contributed by atoms with van der Waals surface area (Å²) in [4.78, 5) is 14.3. The van der Waals surface area contributed by atoms with Crippen LogP contribution in [0.4, 0.5) is 5.82 Å². The summed E-state index contributed by atoms with van der Waals surface area (Å²) in [7, 11) is 1.93. The van der Waals surface area contributed by atoms with Crippen LogP contribution in [0.1, 0.15) is 22.7 Å². The van der Waals surface area contributed by atoms with E-state index in [1.54, 1.807) is 11.3 Å². The van der Waals surface area contributed by atoms with Gasteiger partial charge in [0.1, 0.15) is 16.5 Å². The molecule has 1 aliphatic rings. The van der Waals surface area contributed by atoms with Crippen LogP contribution in [0.15, 0.2) is 0 Å². The molecule has 0 unspecified atom stereocenters. The predicted octanol–water partition coefficient (Wildman–Crippen LogP) is 2.57. The molecular formula is C15H22N4OS. The van der Waals surface area contributed by atoms with Crippen LogP contribution in [-0.4, -0.2) is 48.2 Å². The van der Waals surface area contributed by atoms with Crippen LogP contribution < -0.4 is 5.32 Å². The first-order valence-corrected chi connectivity index (χ1v) is 8.25. The third-order valence-electron chi connectivity index (χ3n) is 3.99. The number of ether oxygens (including phenoxy) is 1. The molecule has 0 aromatic carbocycles. The number of thiophene rings is 1. The maximum atomic E-state index is 5.50. The van der Waals surface area contributed by atoms with E-state index in [0.717, 1.165) is 55.7 Å². The highest BCUT2D eigenvalue weighted by Gasteiger charge is 2.16. The number of aromatic nitrogens is 2. The fourth-order valence-corrected chi connectivity index (χ4v) is 3.75. The minimum absolute atomic E-state index is 0.796. The Bertz CT molecular complexity index is 632. The Morgan fingerprint density at radius 2 is 2.10 bits per heavy atom. The van der Waals surface area contributed by atoms with Gasteiger partial charge >= 0.3 is 0 Å². The molecule has 1 fully saturated rings. The van der Waals surface area contributed by atoms with Crippen LogP contribution >= 0.6 is 11.3 Å². The van der Waals surface area contributed by atoms with E-state index in [0.29, 0.717) is 0 Å². The zero-order valence-electron chi connectivity index (χ0n) is 12.9. The molecule has 2 aromatic heterocycles. The first-order valence-electron chi connectivity index (χ1n) is 7.43. The topological polar surface area (TPSA) is 50.3 Å². The van der Waals surface area contributed by atoms with Crippen molar-refractivity contribution in [2.45, 2.75) is 26.8 Å². The van der Waals surface area contributed by atoms with Gasteiger partial charge in [-0.3, -0.25) is 4.90 Å². The summed E-state index contributed by atoms with van der Waals surface area (Å²) in [5, 5.41) is 4.40. The molecule has 0 aliphatic carbocycles. The Morgan fingerprint density at radius 3 is 2.90 bits per heavy atom. The second-order valence-corrected chi connectivity index (χ2v) is 6.65. The lowest BCUT2D eigenvalue weighted by Crippen LogP contribution is -2.27. The lowest BCUT2D eigenvalue weighted by Gasteiger charge is -2.18. The van der Waals surface area contributed by atoms with Gasteiger partial charge in [0.05, 0.1) is 18.5 Å². The van der Waals surface area contributed by atoms with Crippen molar-refractivity contribution < 1.29 is 4.74 Å². The number of hydrogen-bond donors (Lipinski definition) is 1. The van der Waals surface area contributed by atoms with Gasteiger partial charge in [-0.2, -0.15) is 0 Å². The Hall–Kier alpha value is -1.24. The summed E-state index contributed by atoms with van der Waals surface area (Å²) in [6, 6.07) is 0. The average molecular weight is 306 g/mol. The molecule has 6 heteroatoms. The molecule has 1 aliphatic heterocycles. The Balaban J connectivity index is 1.92. The first kappa shape index (κ1) is 14.7. The van der Waals surface area contributed by atoms with Crippen molar-refractivity contribution in [3.8, 4) is 0 Å². The Morgan fingerprint density at radius 1 is 1.24 bits per heavy atom. The third-order valence-corrected chi connectivity index (χ3v) is 5.09. The van der Waals surface area contributed by atoms with Crippen molar-refractivity contribution in [1.82, 2.24) is 14.9 Å². The predicted molar refractivity (Wildman–Crippen MR) is 87.1 cm³/mol. The van der Waals surface area contributed by atoms with E-state index in [9.17, 15) is 0 Å².